The van der Waals surface area contributed by atoms with Gasteiger partial charge in [-0.15, -0.1) is 0 Å². The van der Waals surface area contributed by atoms with Gasteiger partial charge in [0.2, 0.25) is 0 Å². The Hall–Kier alpha value is -2.30. The van der Waals surface area contributed by atoms with Crippen LogP contribution < -0.4 is 14.1 Å². The number of carboxylic acid groups (broad SMARTS) is 1. The van der Waals surface area contributed by atoms with Crippen molar-refractivity contribution in [3.8, 4) is 11.5 Å². The maximum absolute atomic E-state index is 13.2. The van der Waals surface area contributed by atoms with Crippen molar-refractivity contribution in [3.63, 3.8) is 0 Å². The quantitative estimate of drug-likeness (QED) is 0.702. The molecule has 2 aromatic carbocycles. The summed E-state index contributed by atoms with van der Waals surface area (Å²) in [6.07, 6.45) is 0. The van der Waals surface area contributed by atoms with Crippen molar-refractivity contribution in [1.29, 1.82) is 0 Å². The molecule has 0 spiro atoms. The van der Waals surface area contributed by atoms with Crippen LogP contribution in [0.25, 0.3) is 0 Å². The molecule has 24 heavy (non-hydrogen) atoms. The second-order valence-corrected chi connectivity index (χ2v) is 7.11. The predicted octanol–water partition coefficient (Wildman–Crippen LogP) is 3.95. The van der Waals surface area contributed by atoms with Crippen LogP contribution in [0.2, 0.25) is 0 Å². The fraction of sp³-hybridized carbons (Fsp3) is 0.235. The third-order valence-corrected chi connectivity index (χ3v) is 4.66. The predicted molar refractivity (Wildman–Crippen MR) is 91.1 cm³/mol. The smallest absolute Gasteiger partial charge is 0.480 e. The SMILES string of the molecule is CC(C)[C@H](NP(=O)(Oc1ccccc1)Oc1ccccc1)C(=O)O. The van der Waals surface area contributed by atoms with Crippen molar-refractivity contribution >= 4 is 13.7 Å². The van der Waals surface area contributed by atoms with E-state index in [9.17, 15) is 14.5 Å². The molecule has 0 unspecified atom stereocenters. The molecule has 0 radical (unpaired) electrons. The average molecular weight is 349 g/mol. The van der Waals surface area contributed by atoms with Crippen LogP contribution in [0.4, 0.5) is 0 Å². The maximum atomic E-state index is 13.2. The Kier molecular flexibility index (Phi) is 6.01. The van der Waals surface area contributed by atoms with Crippen molar-refractivity contribution in [2.24, 2.45) is 5.92 Å². The molecule has 0 heterocycles. The number of para-hydroxylation sites is 2. The standard InChI is InChI=1S/C17H20NO5P/c1-13(2)16(17(19)20)18-24(21,22-14-9-5-3-6-10-14)23-15-11-7-4-8-12-15/h3-13,16H,1-2H3,(H,18,21)(H,19,20)/t16-/m0/s1. The van der Waals surface area contributed by atoms with Gasteiger partial charge in [0.05, 0.1) is 0 Å². The normalized spacial score (nSPS) is 12.6. The van der Waals surface area contributed by atoms with Gasteiger partial charge in [-0.2, -0.15) is 5.09 Å². The lowest BCUT2D eigenvalue weighted by Crippen LogP contribution is -2.40. The topological polar surface area (TPSA) is 84.9 Å². The van der Waals surface area contributed by atoms with E-state index in [0.717, 1.165) is 0 Å². The van der Waals surface area contributed by atoms with E-state index >= 15 is 0 Å². The van der Waals surface area contributed by atoms with Gasteiger partial charge >= 0.3 is 13.7 Å². The van der Waals surface area contributed by atoms with Crippen LogP contribution in [-0.2, 0) is 9.36 Å². The molecule has 2 N–H and O–H groups in total. The van der Waals surface area contributed by atoms with E-state index in [1.807, 2.05) is 0 Å². The minimum Gasteiger partial charge on any atom is -0.480 e. The molecule has 1 atom stereocenters. The zero-order valence-electron chi connectivity index (χ0n) is 13.5. The summed E-state index contributed by atoms with van der Waals surface area (Å²) in [6.45, 7) is 3.42. The molecule has 0 bridgehead atoms. The summed E-state index contributed by atoms with van der Waals surface area (Å²) in [6, 6.07) is 15.9. The monoisotopic (exact) mass is 349 g/mol. The third kappa shape index (κ3) is 5.11. The molecule has 0 aliphatic heterocycles. The van der Waals surface area contributed by atoms with Gasteiger partial charge in [0.25, 0.3) is 0 Å². The van der Waals surface area contributed by atoms with E-state index in [-0.39, 0.29) is 5.92 Å². The lowest BCUT2D eigenvalue weighted by Gasteiger charge is -2.25. The molecule has 0 saturated carbocycles. The number of carbonyl (C=O) groups is 1. The number of hydrogen-bond donors (Lipinski definition) is 2. The molecule has 0 saturated heterocycles. The zero-order valence-corrected chi connectivity index (χ0v) is 14.4. The van der Waals surface area contributed by atoms with E-state index in [0.29, 0.717) is 11.5 Å². The lowest BCUT2D eigenvalue weighted by molar-refractivity contribution is -0.140. The molecule has 128 valence electrons. The van der Waals surface area contributed by atoms with Crippen LogP contribution in [-0.4, -0.2) is 17.1 Å². The van der Waals surface area contributed by atoms with E-state index in [2.05, 4.69) is 5.09 Å². The minimum atomic E-state index is -3.96. The van der Waals surface area contributed by atoms with Crippen LogP contribution in [0, 0.1) is 5.92 Å². The van der Waals surface area contributed by atoms with Gasteiger partial charge in [-0.05, 0) is 30.2 Å². The van der Waals surface area contributed by atoms with Crippen LogP contribution in [0.5, 0.6) is 11.5 Å². The Morgan fingerprint density at radius 2 is 1.38 bits per heavy atom. The Morgan fingerprint density at radius 3 is 1.71 bits per heavy atom. The molecule has 2 aromatic rings. The van der Waals surface area contributed by atoms with Crippen molar-refractivity contribution in [2.75, 3.05) is 0 Å². The van der Waals surface area contributed by atoms with Gasteiger partial charge in [-0.1, -0.05) is 50.2 Å². The largest absolute Gasteiger partial charge is 0.513 e. The number of carboxylic acids is 1. The molecule has 0 fully saturated rings. The van der Waals surface area contributed by atoms with E-state index in [1.165, 1.54) is 0 Å². The maximum Gasteiger partial charge on any atom is 0.513 e. The first-order valence-corrected chi connectivity index (χ1v) is 9.04. The van der Waals surface area contributed by atoms with Gasteiger partial charge in [-0.3, -0.25) is 4.79 Å². The Bertz CT molecular complexity index is 660. The minimum absolute atomic E-state index is 0.311. The van der Waals surface area contributed by atoms with E-state index in [1.54, 1.807) is 74.5 Å². The van der Waals surface area contributed by atoms with Gasteiger partial charge in [-0.25, -0.2) is 4.57 Å². The molecule has 0 aromatic heterocycles. The van der Waals surface area contributed by atoms with Gasteiger partial charge in [0, 0.05) is 0 Å². The highest BCUT2D eigenvalue weighted by Crippen LogP contribution is 2.45. The van der Waals surface area contributed by atoms with Crippen LogP contribution >= 0.6 is 7.75 Å². The fourth-order valence-corrected chi connectivity index (χ4v) is 3.66. The Morgan fingerprint density at radius 1 is 0.958 bits per heavy atom. The van der Waals surface area contributed by atoms with E-state index in [4.69, 9.17) is 9.05 Å². The number of rotatable bonds is 8. The van der Waals surface area contributed by atoms with Crippen molar-refractivity contribution in [3.05, 3.63) is 60.7 Å². The summed E-state index contributed by atoms with van der Waals surface area (Å²) in [5.41, 5.74) is 0. The van der Waals surface area contributed by atoms with Crippen molar-refractivity contribution in [2.45, 2.75) is 19.9 Å². The third-order valence-electron chi connectivity index (χ3n) is 3.17. The molecule has 6 nitrogen and oxygen atoms in total. The highest BCUT2D eigenvalue weighted by molar-refractivity contribution is 7.52. The Labute approximate surface area is 141 Å². The van der Waals surface area contributed by atoms with Crippen LogP contribution in [0.3, 0.4) is 0 Å². The molecule has 0 aliphatic carbocycles. The first-order chi connectivity index (χ1) is 11.4. The Balaban J connectivity index is 2.29. The summed E-state index contributed by atoms with van der Waals surface area (Å²) in [7, 11) is -3.96. The number of aliphatic carboxylic acids is 1. The summed E-state index contributed by atoms with van der Waals surface area (Å²) >= 11 is 0. The zero-order chi connectivity index (χ0) is 17.6. The molecular formula is C17H20NO5P. The first-order valence-electron chi connectivity index (χ1n) is 7.49. The summed E-state index contributed by atoms with van der Waals surface area (Å²) in [5.74, 6) is -0.803. The number of hydrogen-bond acceptors (Lipinski definition) is 4. The van der Waals surface area contributed by atoms with Crippen LogP contribution in [0.15, 0.2) is 60.7 Å². The molecular weight excluding hydrogens is 329 g/mol. The van der Waals surface area contributed by atoms with Crippen molar-refractivity contribution < 1.29 is 23.5 Å². The highest BCUT2D eigenvalue weighted by atomic mass is 31.2. The lowest BCUT2D eigenvalue weighted by atomic mass is 10.1. The summed E-state index contributed by atoms with van der Waals surface area (Å²) < 4.78 is 24.1. The number of benzene rings is 2. The first kappa shape index (κ1) is 18.0. The van der Waals surface area contributed by atoms with Gasteiger partial charge in [0.15, 0.2) is 0 Å². The van der Waals surface area contributed by atoms with Gasteiger partial charge in [0.1, 0.15) is 17.5 Å². The summed E-state index contributed by atoms with van der Waals surface area (Å²) in [5, 5.41) is 11.9. The average Bonchev–Trinajstić information content (AvgIpc) is 2.54. The molecule has 7 heteroatoms. The highest BCUT2D eigenvalue weighted by Gasteiger charge is 2.36. The molecule has 0 aliphatic rings. The summed E-state index contributed by atoms with van der Waals surface area (Å²) in [4.78, 5) is 11.4. The van der Waals surface area contributed by atoms with Crippen LogP contribution in [0.1, 0.15) is 13.8 Å². The van der Waals surface area contributed by atoms with Crippen molar-refractivity contribution in [1.82, 2.24) is 5.09 Å². The van der Waals surface area contributed by atoms with Gasteiger partial charge < -0.3 is 14.2 Å². The fourth-order valence-electron chi connectivity index (χ4n) is 1.97. The second-order valence-electron chi connectivity index (χ2n) is 5.50. The second kappa shape index (κ2) is 7.99. The molecule has 0 amide bonds. The molecule has 2 rings (SSSR count). The number of nitrogens with one attached hydrogen (secondary N) is 1. The van der Waals surface area contributed by atoms with E-state index < -0.39 is 19.8 Å².